The number of nitrogens with zero attached hydrogens (tertiary/aromatic N) is 1. The molecule has 0 spiro atoms. The van der Waals surface area contributed by atoms with Crippen LogP contribution in [0.4, 0.5) is 5.69 Å². The van der Waals surface area contributed by atoms with Crippen LogP contribution in [-0.4, -0.2) is 39.0 Å². The van der Waals surface area contributed by atoms with Gasteiger partial charge in [-0.15, -0.1) is 0 Å². The number of hydrogen-bond acceptors (Lipinski definition) is 5. The molecule has 0 saturated heterocycles. The normalized spacial score (nSPS) is 17.5. The van der Waals surface area contributed by atoms with Gasteiger partial charge in [-0.25, -0.2) is 13.2 Å². The molecule has 7 nitrogen and oxygen atoms in total. The van der Waals surface area contributed by atoms with Gasteiger partial charge in [0.2, 0.25) is 0 Å². The van der Waals surface area contributed by atoms with Crippen LogP contribution in [0.15, 0.2) is 53.4 Å². The lowest BCUT2D eigenvalue weighted by atomic mass is 9.95. The van der Waals surface area contributed by atoms with Crippen LogP contribution < -0.4 is 9.62 Å². The standard InChI is InChI=1S/C24H28N2O5S/c1-17(23(27)25-20-10-3-2-4-11-20)31-24(28)19-9-7-12-21(16-19)32(29,30)26-15-14-18-8-5-6-13-22(18)26/h5-9,12-13,16-17,20H,2-4,10-11,14-15H2,1H3,(H,25,27). The minimum Gasteiger partial charge on any atom is -0.449 e. The van der Waals surface area contributed by atoms with Crippen LogP contribution in [0.25, 0.3) is 0 Å². The van der Waals surface area contributed by atoms with Crippen molar-refractivity contribution in [1.82, 2.24) is 5.32 Å². The highest BCUT2D eigenvalue weighted by molar-refractivity contribution is 7.92. The lowest BCUT2D eigenvalue weighted by Gasteiger charge is -2.24. The van der Waals surface area contributed by atoms with E-state index in [4.69, 9.17) is 4.74 Å². The molecule has 32 heavy (non-hydrogen) atoms. The number of anilines is 1. The Hall–Kier alpha value is -2.87. The van der Waals surface area contributed by atoms with Crippen molar-refractivity contribution in [3.8, 4) is 0 Å². The van der Waals surface area contributed by atoms with Gasteiger partial charge in [0.05, 0.1) is 16.1 Å². The molecule has 0 radical (unpaired) electrons. The number of sulfonamides is 1. The van der Waals surface area contributed by atoms with Gasteiger partial charge in [0.25, 0.3) is 15.9 Å². The summed E-state index contributed by atoms with van der Waals surface area (Å²) in [5.41, 5.74) is 1.73. The van der Waals surface area contributed by atoms with Crippen LogP contribution >= 0.6 is 0 Å². The number of carbonyl (C=O) groups excluding carboxylic acids is 2. The minimum absolute atomic E-state index is 0.0166. The molecule has 170 valence electrons. The Bertz CT molecular complexity index is 1110. The molecule has 2 aliphatic rings. The maximum absolute atomic E-state index is 13.2. The third-order valence-corrected chi connectivity index (χ3v) is 7.92. The quantitative estimate of drug-likeness (QED) is 0.673. The summed E-state index contributed by atoms with van der Waals surface area (Å²) in [5, 5.41) is 2.94. The zero-order chi connectivity index (χ0) is 22.7. The fourth-order valence-corrected chi connectivity index (χ4v) is 5.87. The summed E-state index contributed by atoms with van der Waals surface area (Å²) in [6.45, 7) is 1.88. The summed E-state index contributed by atoms with van der Waals surface area (Å²) in [5.74, 6) is -1.06. The van der Waals surface area contributed by atoms with Gasteiger partial charge in [0, 0.05) is 12.6 Å². The van der Waals surface area contributed by atoms with E-state index < -0.39 is 22.1 Å². The second kappa shape index (κ2) is 9.32. The average molecular weight is 457 g/mol. The molecule has 4 rings (SSSR count). The molecule has 1 saturated carbocycles. The Labute approximate surface area is 188 Å². The highest BCUT2D eigenvalue weighted by Crippen LogP contribution is 2.32. The summed E-state index contributed by atoms with van der Waals surface area (Å²) < 4.78 is 33.2. The van der Waals surface area contributed by atoms with Gasteiger partial charge in [0.1, 0.15) is 0 Å². The summed E-state index contributed by atoms with van der Waals surface area (Å²) in [6, 6.07) is 13.3. The van der Waals surface area contributed by atoms with E-state index in [0.29, 0.717) is 18.7 Å². The van der Waals surface area contributed by atoms with Crippen LogP contribution in [0, 0.1) is 0 Å². The molecular weight excluding hydrogens is 428 g/mol. The number of amides is 1. The molecule has 1 heterocycles. The van der Waals surface area contributed by atoms with E-state index in [1.807, 2.05) is 12.1 Å². The van der Waals surface area contributed by atoms with Crippen molar-refractivity contribution >= 4 is 27.6 Å². The van der Waals surface area contributed by atoms with E-state index in [9.17, 15) is 18.0 Å². The summed E-state index contributed by atoms with van der Waals surface area (Å²) in [4.78, 5) is 25.1. The van der Waals surface area contributed by atoms with Crippen LogP contribution in [0.3, 0.4) is 0 Å². The van der Waals surface area contributed by atoms with Crippen LogP contribution in [0.5, 0.6) is 0 Å². The molecule has 8 heteroatoms. The van der Waals surface area contributed by atoms with Crippen molar-refractivity contribution in [2.24, 2.45) is 0 Å². The molecule has 2 aromatic rings. The molecule has 1 aliphatic carbocycles. The first-order valence-corrected chi connectivity index (χ1v) is 12.5. The van der Waals surface area contributed by atoms with Crippen molar-refractivity contribution in [1.29, 1.82) is 0 Å². The topological polar surface area (TPSA) is 92.8 Å². The minimum atomic E-state index is -3.83. The van der Waals surface area contributed by atoms with E-state index in [0.717, 1.165) is 31.2 Å². The Morgan fingerprint density at radius 1 is 1.06 bits per heavy atom. The highest BCUT2D eigenvalue weighted by Gasteiger charge is 2.31. The Kier molecular flexibility index (Phi) is 6.50. The summed E-state index contributed by atoms with van der Waals surface area (Å²) in [6.07, 6.45) is 4.90. The number of benzene rings is 2. The number of fused-ring (bicyclic) bond motifs is 1. The van der Waals surface area contributed by atoms with Crippen LogP contribution in [0.2, 0.25) is 0 Å². The fraction of sp³-hybridized carbons (Fsp3) is 0.417. The Balaban J connectivity index is 1.45. The maximum Gasteiger partial charge on any atom is 0.338 e. The zero-order valence-electron chi connectivity index (χ0n) is 18.1. The largest absolute Gasteiger partial charge is 0.449 e. The van der Waals surface area contributed by atoms with E-state index in [2.05, 4.69) is 5.32 Å². The molecule has 0 aromatic heterocycles. The predicted molar refractivity (Wildman–Crippen MR) is 121 cm³/mol. The lowest BCUT2D eigenvalue weighted by Crippen LogP contribution is -2.42. The number of carbonyl (C=O) groups is 2. The molecular formula is C24H28N2O5S. The SMILES string of the molecule is CC(OC(=O)c1cccc(S(=O)(=O)N2CCc3ccccc32)c1)C(=O)NC1CCCCC1. The third kappa shape index (κ3) is 4.65. The number of ether oxygens (including phenoxy) is 1. The number of nitrogens with one attached hydrogen (secondary N) is 1. The summed E-state index contributed by atoms with van der Waals surface area (Å²) >= 11 is 0. The predicted octanol–water partition coefficient (Wildman–Crippen LogP) is 3.43. The number of hydrogen-bond donors (Lipinski definition) is 1. The maximum atomic E-state index is 13.2. The zero-order valence-corrected chi connectivity index (χ0v) is 18.9. The van der Waals surface area contributed by atoms with E-state index in [1.165, 1.54) is 41.9 Å². The first-order chi connectivity index (χ1) is 15.4. The molecule has 1 atom stereocenters. The van der Waals surface area contributed by atoms with E-state index in [-0.39, 0.29) is 22.4 Å². The third-order valence-electron chi connectivity index (χ3n) is 6.11. The van der Waals surface area contributed by atoms with Gasteiger partial charge < -0.3 is 10.1 Å². The average Bonchev–Trinajstić information content (AvgIpc) is 3.25. The van der Waals surface area contributed by atoms with Gasteiger partial charge >= 0.3 is 5.97 Å². The lowest BCUT2D eigenvalue weighted by molar-refractivity contribution is -0.130. The smallest absolute Gasteiger partial charge is 0.338 e. The Morgan fingerprint density at radius 3 is 2.59 bits per heavy atom. The van der Waals surface area contributed by atoms with E-state index in [1.54, 1.807) is 12.1 Å². The molecule has 1 unspecified atom stereocenters. The van der Waals surface area contributed by atoms with Gasteiger partial charge in [-0.1, -0.05) is 43.5 Å². The molecule has 1 fully saturated rings. The monoisotopic (exact) mass is 456 g/mol. The van der Waals surface area contributed by atoms with Gasteiger partial charge in [0.15, 0.2) is 6.10 Å². The van der Waals surface area contributed by atoms with Crippen molar-refractivity contribution in [3.05, 3.63) is 59.7 Å². The molecule has 1 N–H and O–H groups in total. The van der Waals surface area contributed by atoms with Crippen molar-refractivity contribution in [2.45, 2.75) is 62.5 Å². The molecule has 0 bridgehead atoms. The fourth-order valence-electron chi connectivity index (χ4n) is 4.32. The van der Waals surface area contributed by atoms with Crippen LogP contribution in [0.1, 0.15) is 54.9 Å². The van der Waals surface area contributed by atoms with Crippen molar-refractivity contribution in [3.63, 3.8) is 0 Å². The number of esters is 1. The first-order valence-electron chi connectivity index (χ1n) is 11.1. The van der Waals surface area contributed by atoms with E-state index >= 15 is 0 Å². The van der Waals surface area contributed by atoms with Gasteiger partial charge in [-0.05, 0) is 56.0 Å². The molecule has 1 amide bonds. The van der Waals surface area contributed by atoms with Gasteiger partial charge in [-0.3, -0.25) is 9.10 Å². The summed E-state index contributed by atoms with van der Waals surface area (Å²) in [7, 11) is -3.83. The second-order valence-corrected chi connectivity index (χ2v) is 10.2. The van der Waals surface area contributed by atoms with Crippen molar-refractivity contribution in [2.75, 3.05) is 10.8 Å². The highest BCUT2D eigenvalue weighted by atomic mass is 32.2. The van der Waals surface area contributed by atoms with Crippen molar-refractivity contribution < 1.29 is 22.7 Å². The second-order valence-electron chi connectivity index (χ2n) is 8.37. The molecule has 2 aromatic carbocycles. The molecule has 1 aliphatic heterocycles. The number of rotatable bonds is 6. The van der Waals surface area contributed by atoms with Crippen LogP contribution in [-0.2, 0) is 26.0 Å². The Morgan fingerprint density at radius 2 is 1.81 bits per heavy atom. The number of para-hydroxylation sites is 1. The van der Waals surface area contributed by atoms with Gasteiger partial charge in [-0.2, -0.15) is 0 Å². The first kappa shape index (κ1) is 22.3.